The van der Waals surface area contributed by atoms with Crippen molar-refractivity contribution in [3.63, 3.8) is 0 Å². The molecule has 1 aliphatic heterocycles. The number of fused-ring (bicyclic) bond motifs is 1. The van der Waals surface area contributed by atoms with Gasteiger partial charge in [0.25, 0.3) is 0 Å². The van der Waals surface area contributed by atoms with E-state index in [1.165, 1.54) is 16.8 Å². The Kier molecular flexibility index (Phi) is 4.80. The van der Waals surface area contributed by atoms with Crippen LogP contribution in [-0.2, 0) is 17.6 Å². The van der Waals surface area contributed by atoms with Crippen LogP contribution in [0, 0.1) is 0 Å². The third-order valence-corrected chi connectivity index (χ3v) is 3.41. The Morgan fingerprint density at radius 2 is 2.26 bits per heavy atom. The van der Waals surface area contributed by atoms with Crippen LogP contribution in [0.5, 0.6) is 0 Å². The second-order valence-corrected chi connectivity index (χ2v) is 5.21. The Balaban J connectivity index is 1.75. The monoisotopic (exact) mass is 261 g/mol. The fourth-order valence-corrected chi connectivity index (χ4v) is 2.47. The number of benzene rings is 1. The highest BCUT2D eigenvalue weighted by molar-refractivity contribution is 5.72. The fraction of sp³-hybridized carbons (Fsp3) is 0.533. The number of anilines is 1. The van der Waals surface area contributed by atoms with Crippen LogP contribution in [0.2, 0.25) is 0 Å². The lowest BCUT2D eigenvalue weighted by atomic mass is 10.0. The zero-order chi connectivity index (χ0) is 13.7. The normalized spacial score (nSPS) is 14.6. The largest absolute Gasteiger partial charge is 0.384 e. The van der Waals surface area contributed by atoms with Gasteiger partial charge in [0.15, 0.2) is 0 Å². The third kappa shape index (κ3) is 4.24. The first-order valence-electron chi connectivity index (χ1n) is 6.98. The van der Waals surface area contributed by atoms with Crippen molar-refractivity contribution in [3.05, 3.63) is 29.3 Å². The van der Waals surface area contributed by atoms with E-state index < -0.39 is 0 Å². The van der Waals surface area contributed by atoms with Crippen molar-refractivity contribution in [1.29, 1.82) is 0 Å². The summed E-state index contributed by atoms with van der Waals surface area (Å²) >= 11 is 0. The van der Waals surface area contributed by atoms with Gasteiger partial charge in [0.1, 0.15) is 0 Å². The molecule has 1 atom stereocenters. The van der Waals surface area contributed by atoms with Gasteiger partial charge in [-0.3, -0.25) is 4.79 Å². The Morgan fingerprint density at radius 3 is 3.05 bits per heavy atom. The summed E-state index contributed by atoms with van der Waals surface area (Å²) in [5.74, 6) is 0.0283. The van der Waals surface area contributed by atoms with E-state index in [0.717, 1.165) is 25.9 Å². The van der Waals surface area contributed by atoms with Gasteiger partial charge in [-0.25, -0.2) is 0 Å². The van der Waals surface area contributed by atoms with Gasteiger partial charge in [0, 0.05) is 38.3 Å². The number of nitrogens with one attached hydrogen (secondary N) is 3. The summed E-state index contributed by atoms with van der Waals surface area (Å²) in [6.45, 7) is 6.28. The van der Waals surface area contributed by atoms with E-state index in [1.807, 2.05) is 0 Å². The number of rotatable bonds is 6. The van der Waals surface area contributed by atoms with E-state index in [0.29, 0.717) is 12.6 Å². The quantitative estimate of drug-likeness (QED) is 0.677. The molecule has 0 saturated carbocycles. The summed E-state index contributed by atoms with van der Waals surface area (Å²) in [5, 5.41) is 9.59. The maximum atomic E-state index is 10.7. The predicted molar refractivity (Wildman–Crippen MR) is 78.5 cm³/mol. The van der Waals surface area contributed by atoms with Crippen molar-refractivity contribution in [2.75, 3.05) is 25.0 Å². The van der Waals surface area contributed by atoms with Gasteiger partial charge in [-0.1, -0.05) is 12.1 Å². The van der Waals surface area contributed by atoms with Gasteiger partial charge in [-0.15, -0.1) is 0 Å². The first-order chi connectivity index (χ1) is 9.15. The molecule has 0 radical (unpaired) electrons. The molecule has 1 unspecified atom stereocenters. The molecule has 1 aromatic carbocycles. The lowest BCUT2D eigenvalue weighted by Crippen LogP contribution is -2.35. The zero-order valence-electron chi connectivity index (χ0n) is 11.8. The van der Waals surface area contributed by atoms with Crippen LogP contribution in [0.4, 0.5) is 5.69 Å². The second kappa shape index (κ2) is 6.57. The molecule has 1 heterocycles. The van der Waals surface area contributed by atoms with Crippen molar-refractivity contribution < 1.29 is 4.79 Å². The van der Waals surface area contributed by atoms with Crippen LogP contribution >= 0.6 is 0 Å². The average Bonchev–Trinajstić information content (AvgIpc) is 2.82. The summed E-state index contributed by atoms with van der Waals surface area (Å²) in [5.41, 5.74) is 4.10. The van der Waals surface area contributed by atoms with Crippen molar-refractivity contribution >= 4 is 11.6 Å². The summed E-state index contributed by atoms with van der Waals surface area (Å²) in [6, 6.07) is 7.10. The van der Waals surface area contributed by atoms with Crippen molar-refractivity contribution in [2.24, 2.45) is 0 Å². The van der Waals surface area contributed by atoms with Crippen LogP contribution in [-0.4, -0.2) is 31.6 Å². The lowest BCUT2D eigenvalue weighted by Gasteiger charge is -2.14. The second-order valence-electron chi connectivity index (χ2n) is 5.21. The highest BCUT2D eigenvalue weighted by Crippen LogP contribution is 2.23. The smallest absolute Gasteiger partial charge is 0.216 e. The molecule has 0 aromatic heterocycles. The molecule has 4 nitrogen and oxygen atoms in total. The molecule has 0 fully saturated rings. The first-order valence-corrected chi connectivity index (χ1v) is 6.98. The van der Waals surface area contributed by atoms with E-state index in [9.17, 15) is 4.79 Å². The van der Waals surface area contributed by atoms with E-state index in [1.54, 1.807) is 6.92 Å². The molecular formula is C15H23N3O. The Morgan fingerprint density at radius 1 is 1.42 bits per heavy atom. The van der Waals surface area contributed by atoms with Crippen molar-refractivity contribution in [2.45, 2.75) is 32.7 Å². The van der Waals surface area contributed by atoms with E-state index >= 15 is 0 Å². The van der Waals surface area contributed by atoms with E-state index in [2.05, 4.69) is 41.1 Å². The molecule has 1 amide bonds. The number of carbonyl (C=O) groups is 1. The molecule has 104 valence electrons. The van der Waals surface area contributed by atoms with Crippen molar-refractivity contribution in [3.8, 4) is 0 Å². The average molecular weight is 261 g/mol. The van der Waals surface area contributed by atoms with Crippen LogP contribution in [0.15, 0.2) is 18.2 Å². The minimum atomic E-state index is 0.0283. The molecular weight excluding hydrogens is 238 g/mol. The predicted octanol–water partition coefficient (Wildman–Crippen LogP) is 1.31. The third-order valence-electron chi connectivity index (χ3n) is 3.41. The molecule has 0 aliphatic carbocycles. The lowest BCUT2D eigenvalue weighted by molar-refractivity contribution is -0.118. The van der Waals surface area contributed by atoms with Crippen molar-refractivity contribution in [1.82, 2.24) is 10.6 Å². The van der Waals surface area contributed by atoms with Gasteiger partial charge < -0.3 is 16.0 Å². The molecule has 0 bridgehead atoms. The Hall–Kier alpha value is -1.55. The molecule has 3 N–H and O–H groups in total. The fourth-order valence-electron chi connectivity index (χ4n) is 2.47. The van der Waals surface area contributed by atoms with Crippen LogP contribution in [0.25, 0.3) is 0 Å². The summed E-state index contributed by atoms with van der Waals surface area (Å²) in [6.07, 6.45) is 2.15. The minimum Gasteiger partial charge on any atom is -0.384 e. The van der Waals surface area contributed by atoms with E-state index in [4.69, 9.17) is 0 Å². The summed E-state index contributed by atoms with van der Waals surface area (Å²) in [7, 11) is 0. The molecule has 19 heavy (non-hydrogen) atoms. The minimum absolute atomic E-state index is 0.0283. The maximum absolute atomic E-state index is 10.7. The highest BCUT2D eigenvalue weighted by Gasteiger charge is 2.11. The standard InChI is InChI=1S/C15H23N3O/c1-11(16-7-8-17-12(2)19)9-13-3-4-15-14(10-13)5-6-18-15/h3-4,10-11,16,18H,5-9H2,1-2H3,(H,17,19). The summed E-state index contributed by atoms with van der Waals surface area (Å²) < 4.78 is 0. The zero-order valence-corrected chi connectivity index (χ0v) is 11.8. The van der Waals surface area contributed by atoms with Crippen LogP contribution in [0.3, 0.4) is 0 Å². The number of amides is 1. The molecule has 1 aliphatic rings. The highest BCUT2D eigenvalue weighted by atomic mass is 16.1. The molecule has 4 heteroatoms. The maximum Gasteiger partial charge on any atom is 0.216 e. The van der Waals surface area contributed by atoms with Crippen LogP contribution in [0.1, 0.15) is 25.0 Å². The van der Waals surface area contributed by atoms with Crippen LogP contribution < -0.4 is 16.0 Å². The summed E-state index contributed by atoms with van der Waals surface area (Å²) in [4.78, 5) is 10.7. The molecule has 2 rings (SSSR count). The Labute approximate surface area is 115 Å². The SMILES string of the molecule is CC(=O)NCCNC(C)Cc1ccc2c(c1)CCN2. The van der Waals surface area contributed by atoms with Gasteiger partial charge in [0.2, 0.25) is 5.91 Å². The van der Waals surface area contributed by atoms with Gasteiger partial charge >= 0.3 is 0 Å². The number of hydrogen-bond donors (Lipinski definition) is 3. The number of hydrogen-bond acceptors (Lipinski definition) is 3. The molecule has 0 saturated heterocycles. The van der Waals surface area contributed by atoms with E-state index in [-0.39, 0.29) is 5.91 Å². The topological polar surface area (TPSA) is 53.2 Å². The number of carbonyl (C=O) groups excluding carboxylic acids is 1. The van der Waals surface area contributed by atoms with Gasteiger partial charge in [0.05, 0.1) is 0 Å². The molecule has 0 spiro atoms. The first kappa shape index (κ1) is 13.9. The van der Waals surface area contributed by atoms with Gasteiger partial charge in [-0.2, -0.15) is 0 Å². The Bertz CT molecular complexity index is 445. The van der Waals surface area contributed by atoms with Gasteiger partial charge in [-0.05, 0) is 37.0 Å². The molecule has 1 aromatic rings.